The smallest absolute Gasteiger partial charge is 0.225 e. The van der Waals surface area contributed by atoms with Crippen LogP contribution in [0.4, 0.5) is 5.13 Å². The first-order valence-corrected chi connectivity index (χ1v) is 8.77. The van der Waals surface area contributed by atoms with Crippen molar-refractivity contribution in [3.8, 4) is 0 Å². The Kier molecular flexibility index (Phi) is 5.53. The van der Waals surface area contributed by atoms with Crippen LogP contribution in [0.15, 0.2) is 12.1 Å². The van der Waals surface area contributed by atoms with Crippen molar-refractivity contribution in [2.45, 2.75) is 34.6 Å². The summed E-state index contributed by atoms with van der Waals surface area (Å²) in [5, 5.41) is 0.819. The van der Waals surface area contributed by atoms with E-state index in [0.717, 1.165) is 41.5 Å². The number of rotatable bonds is 6. The van der Waals surface area contributed by atoms with Crippen molar-refractivity contribution >= 4 is 32.6 Å². The Balaban J connectivity index is 2.26. The van der Waals surface area contributed by atoms with Gasteiger partial charge in [-0.2, -0.15) is 0 Å². The fraction of sp³-hybridized carbons (Fsp3) is 0.529. The molecular weight excluding hydrogens is 294 g/mol. The lowest BCUT2D eigenvalue weighted by Gasteiger charge is -2.21. The van der Waals surface area contributed by atoms with Crippen LogP contribution in [-0.4, -0.2) is 37.1 Å². The lowest BCUT2D eigenvalue weighted by atomic mass is 10.1. The molecule has 1 N–H and O–H groups in total. The van der Waals surface area contributed by atoms with Gasteiger partial charge in [0, 0.05) is 6.92 Å². The summed E-state index contributed by atoms with van der Waals surface area (Å²) in [6.07, 6.45) is 0. The van der Waals surface area contributed by atoms with Crippen LogP contribution in [0.5, 0.6) is 0 Å². The van der Waals surface area contributed by atoms with Crippen LogP contribution >= 0.6 is 11.3 Å². The van der Waals surface area contributed by atoms with Crippen LogP contribution in [0.2, 0.25) is 0 Å². The summed E-state index contributed by atoms with van der Waals surface area (Å²) in [5.41, 5.74) is 3.50. The third-order valence-corrected chi connectivity index (χ3v) is 5.33. The van der Waals surface area contributed by atoms with Crippen LogP contribution in [0.3, 0.4) is 0 Å². The van der Waals surface area contributed by atoms with Crippen molar-refractivity contribution in [2.24, 2.45) is 0 Å². The van der Waals surface area contributed by atoms with Gasteiger partial charge >= 0.3 is 0 Å². The summed E-state index contributed by atoms with van der Waals surface area (Å²) in [6.45, 7) is 14.0. The number of hydrogen-bond acceptors (Lipinski definition) is 3. The molecule has 0 aliphatic rings. The number of hydrogen-bond donors (Lipinski definition) is 1. The molecule has 0 spiro atoms. The Labute approximate surface area is 136 Å². The van der Waals surface area contributed by atoms with Gasteiger partial charge < -0.3 is 4.90 Å². The Morgan fingerprint density at radius 2 is 1.86 bits per heavy atom. The molecule has 1 heterocycles. The monoisotopic (exact) mass is 320 g/mol. The third-order valence-electron chi connectivity index (χ3n) is 4.29. The molecule has 0 atom stereocenters. The molecule has 2 rings (SSSR count). The Morgan fingerprint density at radius 3 is 2.45 bits per heavy atom. The molecule has 0 saturated carbocycles. The van der Waals surface area contributed by atoms with Gasteiger partial charge in [-0.25, -0.2) is 4.98 Å². The quantitative estimate of drug-likeness (QED) is 0.886. The number of benzene rings is 1. The van der Waals surface area contributed by atoms with Crippen molar-refractivity contribution in [3.05, 3.63) is 23.3 Å². The number of thiazole rings is 1. The Hall–Kier alpha value is -1.46. The third kappa shape index (κ3) is 3.65. The summed E-state index contributed by atoms with van der Waals surface area (Å²) in [6, 6.07) is 4.28. The lowest BCUT2D eigenvalue weighted by Crippen LogP contribution is -3.12. The SMILES string of the molecule is CC[NH+](CC)CCN(C(C)=O)c1nc2cc(C)c(C)cc2s1. The highest BCUT2D eigenvalue weighted by Crippen LogP contribution is 2.30. The Morgan fingerprint density at radius 1 is 1.23 bits per heavy atom. The number of anilines is 1. The number of carbonyl (C=O) groups is 1. The van der Waals surface area contributed by atoms with E-state index in [1.165, 1.54) is 16.0 Å². The van der Waals surface area contributed by atoms with E-state index in [1.54, 1.807) is 18.3 Å². The van der Waals surface area contributed by atoms with Crippen LogP contribution in [0.1, 0.15) is 31.9 Å². The second kappa shape index (κ2) is 7.20. The number of fused-ring (bicyclic) bond motifs is 1. The van der Waals surface area contributed by atoms with Crippen LogP contribution < -0.4 is 9.80 Å². The largest absolute Gasteiger partial charge is 0.334 e. The predicted molar refractivity (Wildman–Crippen MR) is 94.0 cm³/mol. The number of nitrogens with one attached hydrogen (secondary N) is 1. The van der Waals surface area contributed by atoms with Gasteiger partial charge in [-0.15, -0.1) is 0 Å². The average molecular weight is 320 g/mol. The van der Waals surface area contributed by atoms with E-state index in [9.17, 15) is 4.79 Å². The minimum Gasteiger partial charge on any atom is -0.334 e. The molecule has 0 radical (unpaired) electrons. The van der Waals surface area contributed by atoms with Gasteiger partial charge in [-0.05, 0) is 51.0 Å². The molecule has 1 aromatic carbocycles. The van der Waals surface area contributed by atoms with Crippen molar-refractivity contribution in [2.75, 3.05) is 31.1 Å². The zero-order chi connectivity index (χ0) is 16.3. The molecule has 0 saturated heterocycles. The van der Waals surface area contributed by atoms with E-state index in [-0.39, 0.29) is 5.91 Å². The van der Waals surface area contributed by atoms with Crippen molar-refractivity contribution in [1.82, 2.24) is 4.98 Å². The van der Waals surface area contributed by atoms with Gasteiger partial charge in [0.15, 0.2) is 5.13 Å². The van der Waals surface area contributed by atoms with Gasteiger partial charge in [-0.3, -0.25) is 9.69 Å². The minimum absolute atomic E-state index is 0.0686. The van der Waals surface area contributed by atoms with Crippen molar-refractivity contribution < 1.29 is 9.69 Å². The molecule has 0 bridgehead atoms. The number of carbonyl (C=O) groups excluding carboxylic acids is 1. The first kappa shape index (κ1) is 16.9. The van der Waals surface area contributed by atoms with Crippen LogP contribution in [0, 0.1) is 13.8 Å². The number of aryl methyl sites for hydroxylation is 2. The molecule has 0 aliphatic carbocycles. The second-order valence-electron chi connectivity index (χ2n) is 5.78. The molecular formula is C17H26N3OS+. The second-order valence-corrected chi connectivity index (χ2v) is 6.79. The van der Waals surface area contributed by atoms with E-state index in [1.807, 2.05) is 4.90 Å². The first-order chi connectivity index (χ1) is 10.5. The molecule has 22 heavy (non-hydrogen) atoms. The summed E-state index contributed by atoms with van der Waals surface area (Å²) in [7, 11) is 0. The number of amides is 1. The minimum atomic E-state index is 0.0686. The van der Waals surface area contributed by atoms with Gasteiger partial charge in [0.2, 0.25) is 5.91 Å². The molecule has 1 aromatic heterocycles. The molecule has 2 aromatic rings. The zero-order valence-electron chi connectivity index (χ0n) is 14.2. The first-order valence-electron chi connectivity index (χ1n) is 7.95. The van der Waals surface area contributed by atoms with Crippen LogP contribution in [-0.2, 0) is 4.79 Å². The molecule has 4 nitrogen and oxygen atoms in total. The molecule has 0 unspecified atom stereocenters. The summed E-state index contributed by atoms with van der Waals surface area (Å²) >= 11 is 1.61. The fourth-order valence-corrected chi connectivity index (χ4v) is 3.66. The predicted octanol–water partition coefficient (Wildman–Crippen LogP) is 2.19. The highest BCUT2D eigenvalue weighted by atomic mass is 32.1. The standard InChI is InChI=1S/C17H25N3OS/c1-6-19(7-2)8-9-20(14(5)21)17-18-15-10-12(3)13(4)11-16(15)22-17/h10-11H,6-9H2,1-5H3/p+1. The molecule has 0 aliphatic heterocycles. The fourth-order valence-electron chi connectivity index (χ4n) is 2.54. The molecule has 120 valence electrons. The summed E-state index contributed by atoms with van der Waals surface area (Å²) in [4.78, 5) is 20.0. The summed E-state index contributed by atoms with van der Waals surface area (Å²) < 4.78 is 1.15. The molecule has 0 fully saturated rings. The van der Waals surface area contributed by atoms with Crippen LogP contribution in [0.25, 0.3) is 10.2 Å². The van der Waals surface area contributed by atoms with E-state index >= 15 is 0 Å². The van der Waals surface area contributed by atoms with E-state index in [0.29, 0.717) is 0 Å². The molecule has 1 amide bonds. The van der Waals surface area contributed by atoms with Crippen molar-refractivity contribution in [3.63, 3.8) is 0 Å². The lowest BCUT2D eigenvalue weighted by molar-refractivity contribution is -0.894. The maximum Gasteiger partial charge on any atom is 0.225 e. The van der Waals surface area contributed by atoms with E-state index < -0.39 is 0 Å². The number of aromatic nitrogens is 1. The normalized spacial score (nSPS) is 11.4. The maximum atomic E-state index is 12.0. The molecule has 5 heteroatoms. The number of likely N-dealkylation sites (N-methyl/N-ethyl adjacent to an activating group) is 1. The van der Waals surface area contributed by atoms with E-state index in [2.05, 4.69) is 44.8 Å². The van der Waals surface area contributed by atoms with Gasteiger partial charge in [0.05, 0.1) is 36.4 Å². The average Bonchev–Trinajstić information content (AvgIpc) is 2.86. The topological polar surface area (TPSA) is 37.6 Å². The summed E-state index contributed by atoms with van der Waals surface area (Å²) in [5.74, 6) is 0.0686. The number of quaternary nitrogens is 1. The van der Waals surface area contributed by atoms with Crippen molar-refractivity contribution in [1.29, 1.82) is 0 Å². The maximum absolute atomic E-state index is 12.0. The Bertz CT molecular complexity index is 622. The van der Waals surface area contributed by atoms with E-state index in [4.69, 9.17) is 0 Å². The van der Waals surface area contributed by atoms with Gasteiger partial charge in [-0.1, -0.05) is 11.3 Å². The number of nitrogens with zero attached hydrogens (tertiary/aromatic N) is 2. The highest BCUT2D eigenvalue weighted by molar-refractivity contribution is 7.22. The van der Waals surface area contributed by atoms with Gasteiger partial charge in [0.25, 0.3) is 0 Å². The highest BCUT2D eigenvalue weighted by Gasteiger charge is 2.18. The zero-order valence-corrected chi connectivity index (χ0v) is 15.0. The van der Waals surface area contributed by atoms with Gasteiger partial charge in [0.1, 0.15) is 0 Å².